The highest BCUT2D eigenvalue weighted by atomic mass is 16.5. The van der Waals surface area contributed by atoms with Crippen LogP contribution in [0.2, 0.25) is 0 Å². The lowest BCUT2D eigenvalue weighted by atomic mass is 10.2. The summed E-state index contributed by atoms with van der Waals surface area (Å²) in [6.07, 6.45) is 3.30. The maximum Gasteiger partial charge on any atom is 0.0900 e. The molecule has 104 valence electrons. The normalized spacial score (nSPS) is 15.2. The van der Waals surface area contributed by atoms with Crippen LogP contribution < -0.4 is 0 Å². The molecule has 0 amide bonds. The molecule has 4 heteroatoms. The average Bonchev–Trinajstić information content (AvgIpc) is 2.27. The fourth-order valence-corrected chi connectivity index (χ4v) is 1.69. The molecule has 2 atom stereocenters. The van der Waals surface area contributed by atoms with Gasteiger partial charge in [-0.15, -0.1) is 0 Å². The molecule has 0 heterocycles. The predicted molar refractivity (Wildman–Crippen MR) is 70.3 cm³/mol. The summed E-state index contributed by atoms with van der Waals surface area (Å²) in [7, 11) is 3.69. The Labute approximate surface area is 106 Å². The third-order valence-corrected chi connectivity index (χ3v) is 2.64. The lowest BCUT2D eigenvalue weighted by Crippen LogP contribution is -2.34. The smallest absolute Gasteiger partial charge is 0.0900 e. The molecule has 0 aliphatic carbocycles. The summed E-state index contributed by atoms with van der Waals surface area (Å²) in [4.78, 5) is 2.16. The van der Waals surface area contributed by atoms with E-state index in [0.717, 1.165) is 6.54 Å². The van der Waals surface area contributed by atoms with Crippen molar-refractivity contribution in [3.63, 3.8) is 0 Å². The van der Waals surface area contributed by atoms with Crippen LogP contribution in [0.25, 0.3) is 0 Å². The first-order chi connectivity index (χ1) is 8.10. The van der Waals surface area contributed by atoms with E-state index in [2.05, 4.69) is 11.8 Å². The van der Waals surface area contributed by atoms with E-state index in [0.29, 0.717) is 19.8 Å². The van der Waals surface area contributed by atoms with Crippen molar-refractivity contribution in [2.75, 3.05) is 40.5 Å². The van der Waals surface area contributed by atoms with Crippen molar-refractivity contribution < 1.29 is 14.6 Å². The van der Waals surface area contributed by atoms with Gasteiger partial charge in [0.25, 0.3) is 0 Å². The number of aliphatic hydroxyl groups excluding tert-OH is 1. The third kappa shape index (κ3) is 10.7. The zero-order chi connectivity index (χ0) is 13.1. The monoisotopic (exact) mass is 247 g/mol. The van der Waals surface area contributed by atoms with Gasteiger partial charge in [-0.3, -0.25) is 0 Å². The topological polar surface area (TPSA) is 41.9 Å². The van der Waals surface area contributed by atoms with Gasteiger partial charge < -0.3 is 19.5 Å². The molecule has 1 N–H and O–H groups in total. The summed E-state index contributed by atoms with van der Waals surface area (Å²) in [6, 6.07) is 0. The molecule has 0 bridgehead atoms. The molecule has 0 fully saturated rings. The average molecular weight is 247 g/mol. The molecule has 0 saturated heterocycles. The lowest BCUT2D eigenvalue weighted by molar-refractivity contribution is -0.0381. The molecule has 0 aromatic heterocycles. The number of methoxy groups -OCH3 is 1. The molecule has 0 rings (SSSR count). The van der Waals surface area contributed by atoms with Gasteiger partial charge in [-0.1, -0.05) is 19.8 Å². The Morgan fingerprint density at radius 1 is 1.24 bits per heavy atom. The SMILES string of the molecule is CCCCCN(C)CC(O)COC(C)COC. The van der Waals surface area contributed by atoms with Crippen molar-refractivity contribution in [2.45, 2.75) is 45.3 Å². The number of rotatable bonds is 11. The van der Waals surface area contributed by atoms with Gasteiger partial charge in [0.15, 0.2) is 0 Å². The Hall–Kier alpha value is -0.160. The van der Waals surface area contributed by atoms with Crippen molar-refractivity contribution >= 4 is 0 Å². The standard InChI is InChI=1S/C13H29NO3/c1-5-6-7-8-14(3)9-13(15)11-17-12(2)10-16-4/h12-13,15H,5-11H2,1-4H3. The number of hydrogen-bond donors (Lipinski definition) is 1. The maximum absolute atomic E-state index is 9.79. The van der Waals surface area contributed by atoms with Gasteiger partial charge in [0, 0.05) is 13.7 Å². The van der Waals surface area contributed by atoms with Crippen LogP contribution in [0, 0.1) is 0 Å². The Morgan fingerprint density at radius 3 is 2.53 bits per heavy atom. The first-order valence-electron chi connectivity index (χ1n) is 6.57. The van der Waals surface area contributed by atoms with Gasteiger partial charge in [0.2, 0.25) is 0 Å². The third-order valence-electron chi connectivity index (χ3n) is 2.64. The van der Waals surface area contributed by atoms with Gasteiger partial charge in [-0.25, -0.2) is 0 Å². The summed E-state index contributed by atoms with van der Waals surface area (Å²) in [5.74, 6) is 0. The Kier molecular flexibility index (Phi) is 10.9. The van der Waals surface area contributed by atoms with Crippen LogP contribution in [-0.4, -0.2) is 62.7 Å². The zero-order valence-corrected chi connectivity index (χ0v) is 11.8. The van der Waals surface area contributed by atoms with E-state index in [1.54, 1.807) is 7.11 Å². The van der Waals surface area contributed by atoms with Crippen molar-refractivity contribution in [1.29, 1.82) is 0 Å². The summed E-state index contributed by atoms with van der Waals surface area (Å²) >= 11 is 0. The van der Waals surface area contributed by atoms with Gasteiger partial charge in [-0.05, 0) is 26.9 Å². The quantitative estimate of drug-likeness (QED) is 0.562. The van der Waals surface area contributed by atoms with E-state index >= 15 is 0 Å². The van der Waals surface area contributed by atoms with Crippen LogP contribution in [0.3, 0.4) is 0 Å². The lowest BCUT2D eigenvalue weighted by Gasteiger charge is -2.21. The molecule has 2 unspecified atom stereocenters. The van der Waals surface area contributed by atoms with Gasteiger partial charge in [0.05, 0.1) is 25.4 Å². The van der Waals surface area contributed by atoms with Crippen molar-refractivity contribution in [1.82, 2.24) is 4.90 Å². The maximum atomic E-state index is 9.79. The number of unbranched alkanes of at least 4 members (excludes halogenated alkanes) is 2. The number of hydrogen-bond acceptors (Lipinski definition) is 4. The minimum absolute atomic E-state index is 0.0417. The van der Waals surface area contributed by atoms with Crippen LogP contribution in [0.4, 0.5) is 0 Å². The summed E-state index contributed by atoms with van der Waals surface area (Å²) < 4.78 is 10.4. The van der Waals surface area contributed by atoms with E-state index in [-0.39, 0.29) is 6.10 Å². The molecule has 0 aliphatic rings. The van der Waals surface area contributed by atoms with E-state index in [1.807, 2.05) is 14.0 Å². The molecule has 0 spiro atoms. The molecule has 0 radical (unpaired) electrons. The first-order valence-corrected chi connectivity index (χ1v) is 6.57. The molecule has 0 saturated carbocycles. The van der Waals surface area contributed by atoms with Crippen molar-refractivity contribution in [3.05, 3.63) is 0 Å². The van der Waals surface area contributed by atoms with Crippen LogP contribution in [0.15, 0.2) is 0 Å². The number of aliphatic hydroxyl groups is 1. The Balaban J connectivity index is 3.52. The molecule has 0 aliphatic heterocycles. The molecule has 4 nitrogen and oxygen atoms in total. The summed E-state index contributed by atoms with van der Waals surface area (Å²) in [5.41, 5.74) is 0. The van der Waals surface area contributed by atoms with E-state index in [4.69, 9.17) is 9.47 Å². The fourth-order valence-electron chi connectivity index (χ4n) is 1.69. The fraction of sp³-hybridized carbons (Fsp3) is 1.00. The van der Waals surface area contributed by atoms with Crippen LogP contribution in [0.5, 0.6) is 0 Å². The molecule has 0 aromatic rings. The van der Waals surface area contributed by atoms with Gasteiger partial charge in [0.1, 0.15) is 0 Å². The highest BCUT2D eigenvalue weighted by molar-refractivity contribution is 4.62. The van der Waals surface area contributed by atoms with Crippen LogP contribution in [0.1, 0.15) is 33.1 Å². The molecule has 17 heavy (non-hydrogen) atoms. The largest absolute Gasteiger partial charge is 0.389 e. The minimum Gasteiger partial charge on any atom is -0.389 e. The number of ether oxygens (including phenoxy) is 2. The summed E-state index contributed by atoms with van der Waals surface area (Å²) in [5, 5.41) is 9.79. The summed E-state index contributed by atoms with van der Waals surface area (Å²) in [6.45, 7) is 6.80. The minimum atomic E-state index is -0.416. The van der Waals surface area contributed by atoms with Crippen molar-refractivity contribution in [3.8, 4) is 0 Å². The Bertz CT molecular complexity index is 167. The number of likely N-dealkylation sites (N-methyl/N-ethyl adjacent to an activating group) is 1. The highest BCUT2D eigenvalue weighted by Gasteiger charge is 2.10. The first kappa shape index (κ1) is 16.8. The Morgan fingerprint density at radius 2 is 1.94 bits per heavy atom. The van der Waals surface area contributed by atoms with Crippen molar-refractivity contribution in [2.24, 2.45) is 0 Å². The molecule has 0 aromatic carbocycles. The van der Waals surface area contributed by atoms with Crippen LogP contribution >= 0.6 is 0 Å². The molecular weight excluding hydrogens is 218 g/mol. The predicted octanol–water partition coefficient (Wildman–Crippen LogP) is 1.52. The number of nitrogens with zero attached hydrogens (tertiary/aromatic N) is 1. The van der Waals surface area contributed by atoms with E-state index in [9.17, 15) is 5.11 Å². The molecular formula is C13H29NO3. The van der Waals surface area contributed by atoms with E-state index < -0.39 is 6.10 Å². The second kappa shape index (κ2) is 11.0. The van der Waals surface area contributed by atoms with Crippen LogP contribution in [-0.2, 0) is 9.47 Å². The highest BCUT2D eigenvalue weighted by Crippen LogP contribution is 1.99. The zero-order valence-electron chi connectivity index (χ0n) is 11.8. The van der Waals surface area contributed by atoms with Gasteiger partial charge in [-0.2, -0.15) is 0 Å². The van der Waals surface area contributed by atoms with Gasteiger partial charge >= 0.3 is 0 Å². The second-order valence-electron chi connectivity index (χ2n) is 4.72. The van der Waals surface area contributed by atoms with E-state index in [1.165, 1.54) is 19.3 Å². The second-order valence-corrected chi connectivity index (χ2v) is 4.72.